The molecule has 0 radical (unpaired) electrons. The van der Waals surface area contributed by atoms with Crippen molar-refractivity contribution in [3.63, 3.8) is 0 Å². The highest BCUT2D eigenvalue weighted by molar-refractivity contribution is 7.91. The highest BCUT2D eigenvalue weighted by Gasteiger charge is 2.22. The molecule has 0 saturated carbocycles. The lowest BCUT2D eigenvalue weighted by molar-refractivity contribution is 0.0949. The van der Waals surface area contributed by atoms with Crippen molar-refractivity contribution < 1.29 is 13.2 Å². The molecule has 1 saturated heterocycles. The SMILES string of the molecule is CC(C)Nc1c(C(=O)NCCN2CCS(=O)(=O)CC2)cnc2ccc(/C(C=N)=C/N)cc12. The van der Waals surface area contributed by atoms with E-state index in [4.69, 9.17) is 11.1 Å². The minimum Gasteiger partial charge on any atom is -0.404 e. The Morgan fingerprint density at radius 3 is 2.66 bits per heavy atom. The van der Waals surface area contributed by atoms with Gasteiger partial charge in [0, 0.05) is 61.8 Å². The Balaban J connectivity index is 1.82. The summed E-state index contributed by atoms with van der Waals surface area (Å²) in [4.78, 5) is 19.5. The summed E-state index contributed by atoms with van der Waals surface area (Å²) in [5, 5.41) is 14.6. The highest BCUT2D eigenvalue weighted by Crippen LogP contribution is 2.29. The van der Waals surface area contributed by atoms with Gasteiger partial charge in [-0.3, -0.25) is 14.7 Å². The summed E-state index contributed by atoms with van der Waals surface area (Å²) in [6.45, 7) is 5.96. The molecule has 1 aromatic heterocycles. The normalized spacial score (nSPS) is 16.8. The maximum atomic E-state index is 13.0. The molecule has 172 valence electrons. The number of amides is 1. The molecule has 3 rings (SSSR count). The van der Waals surface area contributed by atoms with E-state index in [0.717, 1.165) is 16.5 Å². The van der Waals surface area contributed by atoms with Gasteiger partial charge in [0.2, 0.25) is 0 Å². The fourth-order valence-electron chi connectivity index (χ4n) is 3.61. The molecule has 1 amide bonds. The molecule has 0 spiro atoms. The number of aromatic nitrogens is 1. The van der Waals surface area contributed by atoms with Gasteiger partial charge in [-0.05, 0) is 31.5 Å². The molecule has 32 heavy (non-hydrogen) atoms. The van der Waals surface area contributed by atoms with Gasteiger partial charge in [0.05, 0.1) is 28.3 Å². The molecule has 1 aromatic carbocycles. The van der Waals surface area contributed by atoms with E-state index in [9.17, 15) is 13.2 Å². The van der Waals surface area contributed by atoms with E-state index in [1.54, 1.807) is 6.20 Å². The Labute approximate surface area is 188 Å². The Bertz CT molecular complexity index is 1130. The van der Waals surface area contributed by atoms with Crippen molar-refractivity contribution in [1.82, 2.24) is 15.2 Å². The predicted molar refractivity (Wildman–Crippen MR) is 129 cm³/mol. The van der Waals surface area contributed by atoms with Gasteiger partial charge in [-0.15, -0.1) is 0 Å². The molecule has 1 aliphatic rings. The summed E-state index contributed by atoms with van der Waals surface area (Å²) in [6, 6.07) is 5.65. The van der Waals surface area contributed by atoms with Crippen LogP contribution in [0, 0.1) is 5.41 Å². The van der Waals surface area contributed by atoms with E-state index in [0.29, 0.717) is 43.0 Å². The maximum Gasteiger partial charge on any atom is 0.255 e. The number of hydrogen-bond acceptors (Lipinski definition) is 8. The molecular weight excluding hydrogens is 428 g/mol. The average Bonchev–Trinajstić information content (AvgIpc) is 2.75. The largest absolute Gasteiger partial charge is 0.404 e. The number of allylic oxidation sites excluding steroid dienone is 1. The zero-order chi connectivity index (χ0) is 23.3. The number of carbonyl (C=O) groups is 1. The van der Waals surface area contributed by atoms with Gasteiger partial charge in [0.15, 0.2) is 9.84 Å². The van der Waals surface area contributed by atoms with Crippen molar-refractivity contribution in [2.45, 2.75) is 19.9 Å². The number of pyridine rings is 1. The third-order valence-corrected chi connectivity index (χ3v) is 6.97. The quantitative estimate of drug-likeness (QED) is 0.439. The lowest BCUT2D eigenvalue weighted by atomic mass is 10.0. The van der Waals surface area contributed by atoms with Gasteiger partial charge in [0.25, 0.3) is 5.91 Å². The fraction of sp³-hybridized carbons (Fsp3) is 0.409. The summed E-state index contributed by atoms with van der Waals surface area (Å²) >= 11 is 0. The highest BCUT2D eigenvalue weighted by atomic mass is 32.2. The lowest BCUT2D eigenvalue weighted by Crippen LogP contribution is -2.43. The summed E-state index contributed by atoms with van der Waals surface area (Å²) in [5.74, 6) is 0.0733. The van der Waals surface area contributed by atoms with Crippen LogP contribution < -0.4 is 16.4 Å². The van der Waals surface area contributed by atoms with Crippen LogP contribution in [0.4, 0.5) is 5.69 Å². The number of rotatable bonds is 8. The zero-order valence-corrected chi connectivity index (χ0v) is 19.2. The number of nitrogens with zero attached hydrogens (tertiary/aromatic N) is 2. The van der Waals surface area contributed by atoms with Crippen molar-refractivity contribution >= 4 is 44.1 Å². The van der Waals surface area contributed by atoms with Gasteiger partial charge in [0.1, 0.15) is 0 Å². The van der Waals surface area contributed by atoms with Crippen LogP contribution in [0.25, 0.3) is 16.5 Å². The molecule has 1 fully saturated rings. The van der Waals surface area contributed by atoms with Crippen LogP contribution in [0.2, 0.25) is 0 Å². The first-order valence-corrected chi connectivity index (χ1v) is 12.4. The summed E-state index contributed by atoms with van der Waals surface area (Å²) in [7, 11) is -2.92. The molecule has 1 aliphatic heterocycles. The Hall–Kier alpha value is -2.98. The van der Waals surface area contributed by atoms with Crippen molar-refractivity contribution in [3.05, 3.63) is 41.7 Å². The lowest BCUT2D eigenvalue weighted by Gasteiger charge is -2.26. The van der Waals surface area contributed by atoms with Crippen LogP contribution in [0.1, 0.15) is 29.8 Å². The molecule has 2 aromatic rings. The van der Waals surface area contributed by atoms with Crippen LogP contribution in [0.5, 0.6) is 0 Å². The first-order chi connectivity index (χ1) is 15.2. The first kappa shape index (κ1) is 23.7. The standard InChI is InChI=1S/C22H30N6O3S/c1-15(2)27-21-18-11-16(17(12-23)13-24)3-4-20(18)26-14-19(21)22(29)25-5-6-28-7-9-32(30,31)10-8-28/h3-4,11-15,23H,5-10,24H2,1-2H3,(H,25,29)(H,26,27)/b17-13+,23-12?. The molecule has 0 bridgehead atoms. The summed E-state index contributed by atoms with van der Waals surface area (Å²) < 4.78 is 23.1. The molecule has 0 aliphatic carbocycles. The zero-order valence-electron chi connectivity index (χ0n) is 18.4. The maximum absolute atomic E-state index is 13.0. The van der Waals surface area contributed by atoms with E-state index in [-0.39, 0.29) is 23.5 Å². The first-order valence-electron chi connectivity index (χ1n) is 10.6. The van der Waals surface area contributed by atoms with E-state index >= 15 is 0 Å². The van der Waals surface area contributed by atoms with E-state index in [1.165, 1.54) is 12.4 Å². The van der Waals surface area contributed by atoms with Gasteiger partial charge in [-0.1, -0.05) is 6.07 Å². The minimum absolute atomic E-state index is 0.0818. The van der Waals surface area contributed by atoms with Crippen LogP contribution in [-0.4, -0.2) is 74.2 Å². The Kier molecular flexibility index (Phi) is 7.47. The number of hydrogen-bond donors (Lipinski definition) is 4. The van der Waals surface area contributed by atoms with E-state index in [2.05, 4.69) is 15.6 Å². The van der Waals surface area contributed by atoms with Gasteiger partial charge in [-0.25, -0.2) is 8.42 Å². The molecule has 9 nitrogen and oxygen atoms in total. The van der Waals surface area contributed by atoms with Crippen LogP contribution in [-0.2, 0) is 9.84 Å². The molecular formula is C22H30N6O3S. The monoisotopic (exact) mass is 458 g/mol. The molecule has 10 heteroatoms. The van der Waals surface area contributed by atoms with Gasteiger partial charge >= 0.3 is 0 Å². The Morgan fingerprint density at radius 1 is 1.31 bits per heavy atom. The van der Waals surface area contributed by atoms with E-state index < -0.39 is 9.84 Å². The van der Waals surface area contributed by atoms with Crippen LogP contribution >= 0.6 is 0 Å². The number of nitrogens with two attached hydrogens (primary N) is 1. The van der Waals surface area contributed by atoms with Crippen LogP contribution in [0.15, 0.2) is 30.6 Å². The number of nitrogens with one attached hydrogen (secondary N) is 3. The van der Waals surface area contributed by atoms with E-state index in [1.807, 2.05) is 36.9 Å². The second kappa shape index (κ2) is 10.1. The molecule has 2 heterocycles. The number of anilines is 1. The average molecular weight is 459 g/mol. The number of fused-ring (bicyclic) bond motifs is 1. The van der Waals surface area contributed by atoms with Gasteiger partial charge < -0.3 is 21.8 Å². The molecule has 0 atom stereocenters. The number of sulfone groups is 1. The minimum atomic E-state index is -2.92. The predicted octanol–water partition coefficient (Wildman–Crippen LogP) is 1.46. The number of benzene rings is 1. The summed E-state index contributed by atoms with van der Waals surface area (Å²) in [5.41, 5.74) is 8.81. The fourth-order valence-corrected chi connectivity index (χ4v) is 4.89. The summed E-state index contributed by atoms with van der Waals surface area (Å²) in [6.07, 6.45) is 4.12. The second-order valence-electron chi connectivity index (χ2n) is 8.09. The molecule has 5 N–H and O–H groups in total. The molecule has 0 unspecified atom stereocenters. The van der Waals surface area contributed by atoms with Crippen molar-refractivity contribution in [2.24, 2.45) is 5.73 Å². The van der Waals surface area contributed by atoms with Crippen molar-refractivity contribution in [3.8, 4) is 0 Å². The Morgan fingerprint density at radius 2 is 2.03 bits per heavy atom. The third-order valence-electron chi connectivity index (χ3n) is 5.36. The third kappa shape index (κ3) is 5.63. The smallest absolute Gasteiger partial charge is 0.255 e. The van der Waals surface area contributed by atoms with Crippen molar-refractivity contribution in [2.75, 3.05) is 43.0 Å². The van der Waals surface area contributed by atoms with Gasteiger partial charge in [-0.2, -0.15) is 0 Å². The second-order valence-corrected chi connectivity index (χ2v) is 10.4. The topological polar surface area (TPSA) is 141 Å². The van der Waals surface area contributed by atoms with Crippen LogP contribution in [0.3, 0.4) is 0 Å². The number of carbonyl (C=O) groups excluding carboxylic acids is 1. The van der Waals surface area contributed by atoms with Crippen molar-refractivity contribution in [1.29, 1.82) is 5.41 Å².